The van der Waals surface area contributed by atoms with Crippen LogP contribution in [0.5, 0.6) is 0 Å². The summed E-state index contributed by atoms with van der Waals surface area (Å²) in [5, 5.41) is 7.63. The molecule has 0 aromatic carbocycles. The topological polar surface area (TPSA) is 51.0 Å². The first-order valence-corrected chi connectivity index (χ1v) is 8.68. The molecule has 1 aromatic rings. The van der Waals surface area contributed by atoms with Crippen molar-refractivity contribution in [2.24, 2.45) is 5.92 Å². The second-order valence-corrected chi connectivity index (χ2v) is 6.91. The lowest BCUT2D eigenvalue weighted by atomic mass is 9.91. The third kappa shape index (κ3) is 5.42. The van der Waals surface area contributed by atoms with E-state index in [0.29, 0.717) is 17.9 Å². The van der Waals surface area contributed by atoms with Gasteiger partial charge in [-0.05, 0) is 32.2 Å². The fourth-order valence-corrected chi connectivity index (χ4v) is 3.31. The van der Waals surface area contributed by atoms with E-state index < -0.39 is 0 Å². The van der Waals surface area contributed by atoms with Crippen LogP contribution in [0.2, 0.25) is 0 Å². The highest BCUT2D eigenvalue weighted by Gasteiger charge is 2.20. The van der Waals surface area contributed by atoms with Crippen molar-refractivity contribution >= 4 is 0 Å². The van der Waals surface area contributed by atoms with Gasteiger partial charge in [-0.15, -0.1) is 0 Å². The van der Waals surface area contributed by atoms with Gasteiger partial charge in [-0.3, -0.25) is 0 Å². The van der Waals surface area contributed by atoms with Gasteiger partial charge in [-0.1, -0.05) is 51.1 Å². The molecular weight excluding hydrogens is 262 g/mol. The van der Waals surface area contributed by atoms with Crippen LogP contribution in [-0.4, -0.2) is 23.2 Å². The molecule has 120 valence electrons. The number of hydrogen-bond donors (Lipinski definition) is 1. The Bertz CT molecular complexity index is 394. The molecule has 1 unspecified atom stereocenters. The standard InChI is InChI=1S/C17H31N3O/c1-13(2)11-15(18-3)12-16-19-17(20-21-16)14-9-7-5-4-6-8-10-14/h13-15,18H,4-12H2,1-3H3. The predicted octanol–water partition coefficient (Wildman–Crippen LogP) is 4.07. The molecule has 0 aliphatic heterocycles. The summed E-state index contributed by atoms with van der Waals surface area (Å²) in [7, 11) is 2.01. The van der Waals surface area contributed by atoms with E-state index in [-0.39, 0.29) is 0 Å². The quantitative estimate of drug-likeness (QED) is 0.859. The lowest BCUT2D eigenvalue weighted by Crippen LogP contribution is -2.29. The summed E-state index contributed by atoms with van der Waals surface area (Å²) < 4.78 is 5.50. The van der Waals surface area contributed by atoms with E-state index in [9.17, 15) is 0 Å². The molecule has 1 N–H and O–H groups in total. The van der Waals surface area contributed by atoms with Crippen molar-refractivity contribution in [3.63, 3.8) is 0 Å². The number of aromatic nitrogens is 2. The van der Waals surface area contributed by atoms with Crippen LogP contribution in [-0.2, 0) is 6.42 Å². The van der Waals surface area contributed by atoms with Gasteiger partial charge in [0, 0.05) is 18.4 Å². The summed E-state index contributed by atoms with van der Waals surface area (Å²) in [6, 6.07) is 0.427. The molecule has 1 fully saturated rings. The van der Waals surface area contributed by atoms with Crippen molar-refractivity contribution in [3.8, 4) is 0 Å². The van der Waals surface area contributed by atoms with E-state index in [2.05, 4.69) is 29.3 Å². The van der Waals surface area contributed by atoms with Gasteiger partial charge in [-0.25, -0.2) is 0 Å². The number of nitrogens with one attached hydrogen (secondary N) is 1. The average Bonchev–Trinajstić information content (AvgIpc) is 2.85. The summed E-state index contributed by atoms with van der Waals surface area (Å²) in [5.41, 5.74) is 0. The molecule has 1 aromatic heterocycles. The predicted molar refractivity (Wildman–Crippen MR) is 85.4 cm³/mol. The molecule has 2 rings (SSSR count). The van der Waals surface area contributed by atoms with Crippen LogP contribution in [0.15, 0.2) is 4.52 Å². The Morgan fingerprint density at radius 3 is 2.43 bits per heavy atom. The van der Waals surface area contributed by atoms with Gasteiger partial charge < -0.3 is 9.84 Å². The zero-order valence-corrected chi connectivity index (χ0v) is 13.9. The van der Waals surface area contributed by atoms with Crippen LogP contribution in [0.25, 0.3) is 0 Å². The van der Waals surface area contributed by atoms with Gasteiger partial charge in [0.1, 0.15) is 0 Å². The minimum Gasteiger partial charge on any atom is -0.339 e. The zero-order valence-electron chi connectivity index (χ0n) is 13.9. The van der Waals surface area contributed by atoms with Crippen LogP contribution in [0, 0.1) is 5.92 Å². The maximum Gasteiger partial charge on any atom is 0.228 e. The molecule has 1 heterocycles. The molecule has 0 bridgehead atoms. The minimum atomic E-state index is 0.427. The first-order chi connectivity index (χ1) is 10.2. The third-order valence-corrected chi connectivity index (χ3v) is 4.54. The Hall–Kier alpha value is -0.900. The highest BCUT2D eigenvalue weighted by atomic mass is 16.5. The smallest absolute Gasteiger partial charge is 0.228 e. The van der Waals surface area contributed by atoms with E-state index in [4.69, 9.17) is 4.52 Å². The van der Waals surface area contributed by atoms with E-state index in [1.54, 1.807) is 0 Å². The molecule has 0 spiro atoms. The SMILES string of the molecule is CNC(Cc1nc(C2CCCCCCC2)no1)CC(C)C. The molecule has 1 saturated carbocycles. The summed E-state index contributed by atoms with van der Waals surface area (Å²) in [5.74, 6) is 2.94. The molecule has 1 atom stereocenters. The van der Waals surface area contributed by atoms with Crippen LogP contribution in [0.4, 0.5) is 0 Å². The highest BCUT2D eigenvalue weighted by Crippen LogP contribution is 2.29. The number of hydrogen-bond acceptors (Lipinski definition) is 4. The lowest BCUT2D eigenvalue weighted by Gasteiger charge is -2.16. The summed E-state index contributed by atoms with van der Waals surface area (Å²) >= 11 is 0. The van der Waals surface area contributed by atoms with Crippen LogP contribution >= 0.6 is 0 Å². The van der Waals surface area contributed by atoms with Crippen LogP contribution in [0.1, 0.15) is 82.8 Å². The van der Waals surface area contributed by atoms with Crippen molar-refractivity contribution in [1.29, 1.82) is 0 Å². The fraction of sp³-hybridized carbons (Fsp3) is 0.882. The molecule has 4 heteroatoms. The van der Waals surface area contributed by atoms with Gasteiger partial charge in [0.25, 0.3) is 0 Å². The molecule has 1 aliphatic carbocycles. The van der Waals surface area contributed by atoms with Crippen molar-refractivity contribution < 1.29 is 4.52 Å². The zero-order chi connectivity index (χ0) is 15.1. The fourth-order valence-electron chi connectivity index (χ4n) is 3.31. The van der Waals surface area contributed by atoms with E-state index in [1.807, 2.05) is 7.05 Å². The Labute approximate surface area is 129 Å². The average molecular weight is 293 g/mol. The van der Waals surface area contributed by atoms with Gasteiger partial charge >= 0.3 is 0 Å². The van der Waals surface area contributed by atoms with E-state index in [0.717, 1.165) is 24.6 Å². The van der Waals surface area contributed by atoms with Crippen molar-refractivity contribution in [3.05, 3.63) is 11.7 Å². The number of rotatable bonds is 6. The van der Waals surface area contributed by atoms with Gasteiger partial charge in [0.2, 0.25) is 5.89 Å². The lowest BCUT2D eigenvalue weighted by molar-refractivity contribution is 0.337. The maximum absolute atomic E-state index is 5.50. The Morgan fingerprint density at radius 1 is 1.14 bits per heavy atom. The van der Waals surface area contributed by atoms with Crippen molar-refractivity contribution in [2.45, 2.75) is 83.6 Å². The number of nitrogens with zero attached hydrogens (tertiary/aromatic N) is 2. The van der Waals surface area contributed by atoms with Gasteiger partial charge in [0.05, 0.1) is 0 Å². The minimum absolute atomic E-state index is 0.427. The summed E-state index contributed by atoms with van der Waals surface area (Å²) in [6.45, 7) is 4.50. The molecular formula is C17H31N3O. The summed E-state index contributed by atoms with van der Waals surface area (Å²) in [4.78, 5) is 4.68. The van der Waals surface area contributed by atoms with Crippen LogP contribution in [0.3, 0.4) is 0 Å². The largest absolute Gasteiger partial charge is 0.339 e. The molecule has 21 heavy (non-hydrogen) atoms. The normalized spacial score (nSPS) is 19.4. The number of likely N-dealkylation sites (N-methyl/N-ethyl adjacent to an activating group) is 1. The van der Waals surface area contributed by atoms with Gasteiger partial charge in [0.15, 0.2) is 5.82 Å². The van der Waals surface area contributed by atoms with Crippen molar-refractivity contribution in [1.82, 2.24) is 15.5 Å². The molecule has 1 aliphatic rings. The first kappa shape index (κ1) is 16.5. The van der Waals surface area contributed by atoms with Crippen LogP contribution < -0.4 is 5.32 Å². The van der Waals surface area contributed by atoms with Gasteiger partial charge in [-0.2, -0.15) is 4.98 Å². The molecule has 0 radical (unpaired) electrons. The molecule has 0 saturated heterocycles. The Morgan fingerprint density at radius 2 is 1.81 bits per heavy atom. The molecule has 0 amide bonds. The summed E-state index contributed by atoms with van der Waals surface area (Å²) in [6.07, 6.45) is 11.1. The first-order valence-electron chi connectivity index (χ1n) is 8.68. The van der Waals surface area contributed by atoms with E-state index >= 15 is 0 Å². The maximum atomic E-state index is 5.50. The van der Waals surface area contributed by atoms with E-state index in [1.165, 1.54) is 44.9 Å². The second-order valence-electron chi connectivity index (χ2n) is 6.91. The third-order valence-electron chi connectivity index (χ3n) is 4.54. The Balaban J connectivity index is 1.92. The highest BCUT2D eigenvalue weighted by molar-refractivity contribution is 4.97. The molecule has 4 nitrogen and oxygen atoms in total. The second kappa shape index (κ2) is 8.52. The Kier molecular flexibility index (Phi) is 6.68. The monoisotopic (exact) mass is 293 g/mol. The van der Waals surface area contributed by atoms with Crippen molar-refractivity contribution in [2.75, 3.05) is 7.05 Å².